The lowest BCUT2D eigenvalue weighted by molar-refractivity contribution is -0.142. The molecule has 1 N–H and O–H groups in total. The molecule has 1 amide bonds. The van der Waals surface area contributed by atoms with Gasteiger partial charge in [-0.15, -0.1) is 0 Å². The molecule has 0 aliphatic rings. The minimum atomic E-state index is -0.877. The van der Waals surface area contributed by atoms with Crippen molar-refractivity contribution < 1.29 is 19.1 Å². The molecule has 0 aromatic heterocycles. The van der Waals surface area contributed by atoms with Crippen molar-refractivity contribution in [2.45, 2.75) is 19.4 Å². The predicted molar refractivity (Wildman–Crippen MR) is 76.1 cm³/mol. The smallest absolute Gasteiger partial charge is 0.407 e. The number of methoxy groups -OCH3 is 1. The Labute approximate surface area is 127 Å². The molecule has 0 spiro atoms. The molecule has 1 aromatic rings. The van der Waals surface area contributed by atoms with Crippen molar-refractivity contribution in [2.75, 3.05) is 13.7 Å². The monoisotopic (exact) mass is 319 g/mol. The summed E-state index contributed by atoms with van der Waals surface area (Å²) >= 11 is 11.8. The molecule has 0 saturated heterocycles. The van der Waals surface area contributed by atoms with Crippen LogP contribution in [0.2, 0.25) is 10.0 Å². The molecule has 0 saturated carbocycles. The summed E-state index contributed by atoms with van der Waals surface area (Å²) in [5, 5.41) is 3.34. The van der Waals surface area contributed by atoms with Gasteiger partial charge in [0.2, 0.25) is 0 Å². The number of halogens is 2. The van der Waals surface area contributed by atoms with Crippen molar-refractivity contribution in [1.82, 2.24) is 5.32 Å². The van der Waals surface area contributed by atoms with Crippen molar-refractivity contribution in [1.29, 1.82) is 0 Å². The molecular formula is C13H15Cl2NO4. The zero-order chi connectivity index (χ0) is 15.1. The van der Waals surface area contributed by atoms with Gasteiger partial charge in [-0.05, 0) is 24.6 Å². The van der Waals surface area contributed by atoms with Crippen molar-refractivity contribution in [2.24, 2.45) is 0 Å². The highest BCUT2D eigenvalue weighted by Crippen LogP contribution is 2.22. The summed E-state index contributed by atoms with van der Waals surface area (Å²) in [5.74, 6) is -0.580. The number of carbonyl (C=O) groups excluding carboxylic acids is 2. The number of hydrogen-bond acceptors (Lipinski definition) is 4. The van der Waals surface area contributed by atoms with Gasteiger partial charge >= 0.3 is 12.1 Å². The summed E-state index contributed by atoms with van der Waals surface area (Å²) in [4.78, 5) is 23.1. The number of nitrogens with one attached hydrogen (secondary N) is 1. The number of rotatable bonds is 5. The van der Waals surface area contributed by atoms with Gasteiger partial charge in [0.15, 0.2) is 0 Å². The van der Waals surface area contributed by atoms with Gasteiger partial charge in [0.05, 0.1) is 13.7 Å². The highest BCUT2D eigenvalue weighted by Gasteiger charge is 2.23. The Morgan fingerprint density at radius 2 is 2.05 bits per heavy atom. The average molecular weight is 320 g/mol. The quantitative estimate of drug-likeness (QED) is 0.847. The maximum absolute atomic E-state index is 11.7. The molecule has 0 fully saturated rings. The minimum absolute atomic E-state index is 0.182. The molecule has 5 nitrogen and oxygen atoms in total. The summed E-state index contributed by atoms with van der Waals surface area (Å²) < 4.78 is 9.39. The van der Waals surface area contributed by atoms with Crippen LogP contribution in [0.3, 0.4) is 0 Å². The first-order chi connectivity index (χ1) is 9.47. The number of carbonyl (C=O) groups is 2. The van der Waals surface area contributed by atoms with E-state index in [9.17, 15) is 9.59 Å². The summed E-state index contributed by atoms with van der Waals surface area (Å²) in [6, 6.07) is 4.03. The fourth-order valence-corrected chi connectivity index (χ4v) is 2.04. The fourth-order valence-electron chi connectivity index (χ4n) is 1.56. The van der Waals surface area contributed by atoms with E-state index >= 15 is 0 Å². The largest absolute Gasteiger partial charge is 0.467 e. The standard InChI is InChI=1S/C13H15Cl2NO4/c1-3-20-13(18)16-11(12(17)19-2)6-8-4-5-9(14)7-10(8)15/h4-5,7,11H,3,6H2,1-2H3,(H,16,18)/t11-/m1/s1. The molecule has 1 aromatic carbocycles. The van der Waals surface area contributed by atoms with Crippen LogP contribution in [0.4, 0.5) is 4.79 Å². The van der Waals surface area contributed by atoms with E-state index in [0.29, 0.717) is 15.6 Å². The van der Waals surface area contributed by atoms with E-state index in [-0.39, 0.29) is 13.0 Å². The van der Waals surface area contributed by atoms with Crippen LogP contribution in [0.15, 0.2) is 18.2 Å². The molecule has 20 heavy (non-hydrogen) atoms. The molecule has 1 rings (SSSR count). The van der Waals surface area contributed by atoms with Crippen molar-refractivity contribution in [3.63, 3.8) is 0 Å². The molecule has 7 heteroatoms. The molecule has 0 aliphatic heterocycles. The predicted octanol–water partition coefficient (Wildman–Crippen LogP) is 2.82. The first kappa shape index (κ1) is 16.6. The van der Waals surface area contributed by atoms with Crippen LogP contribution in [0.1, 0.15) is 12.5 Å². The van der Waals surface area contributed by atoms with E-state index in [1.807, 2.05) is 0 Å². The lowest BCUT2D eigenvalue weighted by Crippen LogP contribution is -2.43. The zero-order valence-corrected chi connectivity index (χ0v) is 12.6. The van der Waals surface area contributed by atoms with E-state index in [2.05, 4.69) is 10.1 Å². The third-order valence-electron chi connectivity index (χ3n) is 2.49. The Hall–Kier alpha value is -1.46. The van der Waals surface area contributed by atoms with E-state index in [4.69, 9.17) is 27.9 Å². The molecular weight excluding hydrogens is 305 g/mol. The zero-order valence-electron chi connectivity index (χ0n) is 11.1. The van der Waals surface area contributed by atoms with Gasteiger partial charge in [0.25, 0.3) is 0 Å². The van der Waals surface area contributed by atoms with Crippen LogP contribution < -0.4 is 5.32 Å². The van der Waals surface area contributed by atoms with Crippen molar-refractivity contribution in [3.8, 4) is 0 Å². The van der Waals surface area contributed by atoms with Crippen molar-refractivity contribution in [3.05, 3.63) is 33.8 Å². The second-order valence-electron chi connectivity index (χ2n) is 3.88. The summed E-state index contributed by atoms with van der Waals surface area (Å²) in [7, 11) is 1.24. The molecule has 110 valence electrons. The maximum atomic E-state index is 11.7. The minimum Gasteiger partial charge on any atom is -0.467 e. The highest BCUT2D eigenvalue weighted by atomic mass is 35.5. The van der Waals surface area contributed by atoms with Crippen LogP contribution in [0.5, 0.6) is 0 Å². The van der Waals surface area contributed by atoms with Gasteiger partial charge in [-0.1, -0.05) is 29.3 Å². The summed E-state index contributed by atoms with van der Waals surface area (Å²) in [5.41, 5.74) is 0.670. The number of benzene rings is 1. The van der Waals surface area contributed by atoms with Gasteiger partial charge in [0.1, 0.15) is 6.04 Å². The summed E-state index contributed by atoms with van der Waals surface area (Å²) in [6.07, 6.45) is -0.505. The lowest BCUT2D eigenvalue weighted by Gasteiger charge is -2.17. The number of hydrogen-bond donors (Lipinski definition) is 1. The second kappa shape index (κ2) is 7.97. The third-order valence-corrected chi connectivity index (χ3v) is 3.08. The van der Waals surface area contributed by atoms with Crippen LogP contribution in [0.25, 0.3) is 0 Å². The number of alkyl carbamates (subject to hydrolysis) is 1. The SMILES string of the molecule is CCOC(=O)N[C@H](Cc1ccc(Cl)cc1Cl)C(=O)OC. The maximum Gasteiger partial charge on any atom is 0.407 e. The van der Waals surface area contributed by atoms with Crippen molar-refractivity contribution >= 4 is 35.3 Å². The van der Waals surface area contributed by atoms with E-state index in [1.165, 1.54) is 7.11 Å². The molecule has 0 radical (unpaired) electrons. The van der Waals surface area contributed by atoms with E-state index < -0.39 is 18.1 Å². The Morgan fingerprint density at radius 3 is 2.60 bits per heavy atom. The van der Waals surface area contributed by atoms with Crippen LogP contribution >= 0.6 is 23.2 Å². The lowest BCUT2D eigenvalue weighted by atomic mass is 10.1. The molecule has 0 bridgehead atoms. The van der Waals surface area contributed by atoms with Gasteiger partial charge in [0, 0.05) is 16.5 Å². The average Bonchev–Trinajstić information content (AvgIpc) is 2.40. The first-order valence-corrected chi connectivity index (χ1v) is 6.68. The van der Waals surface area contributed by atoms with Gasteiger partial charge in [-0.25, -0.2) is 9.59 Å². The van der Waals surface area contributed by atoms with Gasteiger partial charge in [-0.2, -0.15) is 0 Å². The molecule has 1 atom stereocenters. The van der Waals surface area contributed by atoms with Gasteiger partial charge < -0.3 is 14.8 Å². The van der Waals surface area contributed by atoms with Crippen LogP contribution in [-0.4, -0.2) is 31.8 Å². The fraction of sp³-hybridized carbons (Fsp3) is 0.385. The van der Waals surface area contributed by atoms with Crippen LogP contribution in [0, 0.1) is 0 Å². The highest BCUT2D eigenvalue weighted by molar-refractivity contribution is 6.35. The molecule has 0 heterocycles. The Morgan fingerprint density at radius 1 is 1.35 bits per heavy atom. The Bertz CT molecular complexity index is 493. The van der Waals surface area contributed by atoms with Gasteiger partial charge in [-0.3, -0.25) is 0 Å². The molecule has 0 unspecified atom stereocenters. The topological polar surface area (TPSA) is 64.6 Å². The Balaban J connectivity index is 2.83. The third kappa shape index (κ3) is 4.90. The number of amides is 1. The van der Waals surface area contributed by atoms with E-state index in [0.717, 1.165) is 0 Å². The number of ether oxygens (including phenoxy) is 2. The molecule has 0 aliphatic carbocycles. The second-order valence-corrected chi connectivity index (χ2v) is 4.72. The normalized spacial score (nSPS) is 11.6. The van der Waals surface area contributed by atoms with Crippen LogP contribution in [-0.2, 0) is 20.7 Å². The Kier molecular flexibility index (Phi) is 6.61. The summed E-state index contributed by atoms with van der Waals surface area (Å²) in [6.45, 7) is 1.88. The first-order valence-electron chi connectivity index (χ1n) is 5.93. The van der Waals surface area contributed by atoms with E-state index in [1.54, 1.807) is 25.1 Å². The number of esters is 1.